The van der Waals surface area contributed by atoms with Gasteiger partial charge in [0, 0.05) is 18.1 Å². The van der Waals surface area contributed by atoms with Crippen LogP contribution in [0.3, 0.4) is 0 Å². The van der Waals surface area contributed by atoms with Crippen LogP contribution >= 0.6 is 0 Å². The van der Waals surface area contributed by atoms with E-state index in [2.05, 4.69) is 0 Å². The Morgan fingerprint density at radius 2 is 1.84 bits per heavy atom. The summed E-state index contributed by atoms with van der Waals surface area (Å²) in [7, 11) is 0. The predicted octanol–water partition coefficient (Wildman–Crippen LogP) is 1.54. The second kappa shape index (κ2) is 7.03. The number of phenols is 2. The van der Waals surface area contributed by atoms with Crippen molar-refractivity contribution in [2.45, 2.75) is 56.7 Å². The summed E-state index contributed by atoms with van der Waals surface area (Å²) in [4.78, 5) is 12.5. The fourth-order valence-electron chi connectivity index (χ4n) is 3.29. The van der Waals surface area contributed by atoms with E-state index in [4.69, 9.17) is 9.47 Å². The first kappa shape index (κ1) is 17.7. The van der Waals surface area contributed by atoms with Crippen molar-refractivity contribution in [2.24, 2.45) is 0 Å². The number of esters is 1. The fourth-order valence-corrected chi connectivity index (χ4v) is 3.29. The van der Waals surface area contributed by atoms with E-state index in [0.29, 0.717) is 19.3 Å². The predicted molar refractivity (Wildman–Crippen MR) is 87.3 cm³/mol. The third-order valence-corrected chi connectivity index (χ3v) is 4.58. The van der Waals surface area contributed by atoms with Crippen LogP contribution in [0.25, 0.3) is 0 Å². The molecule has 136 valence electrons. The van der Waals surface area contributed by atoms with Gasteiger partial charge < -0.3 is 29.9 Å². The molecular weight excluding hydrogens is 328 g/mol. The number of rotatable bonds is 0. The Balaban J connectivity index is 2.04. The highest BCUT2D eigenvalue weighted by Crippen LogP contribution is 2.38. The van der Waals surface area contributed by atoms with Gasteiger partial charge in [0.1, 0.15) is 29.3 Å². The topological polar surface area (TPSA) is 116 Å². The number of aliphatic hydroxyl groups is 2. The first-order valence-corrected chi connectivity index (χ1v) is 8.32. The maximum absolute atomic E-state index is 12.5. The number of aliphatic hydroxyl groups excluding tert-OH is 2. The molecule has 2 bridgehead atoms. The molecule has 25 heavy (non-hydrogen) atoms. The summed E-state index contributed by atoms with van der Waals surface area (Å²) in [5.41, 5.74) is -0.143. The van der Waals surface area contributed by atoms with Crippen LogP contribution in [0.5, 0.6) is 11.5 Å². The van der Waals surface area contributed by atoms with E-state index in [-0.39, 0.29) is 16.9 Å². The summed E-state index contributed by atoms with van der Waals surface area (Å²) in [6.45, 7) is 1.68. The van der Waals surface area contributed by atoms with Gasteiger partial charge in [0.2, 0.25) is 0 Å². The van der Waals surface area contributed by atoms with E-state index < -0.39 is 42.2 Å². The molecule has 5 atom stereocenters. The number of cyclic esters (lactones) is 1. The molecule has 1 aromatic carbocycles. The van der Waals surface area contributed by atoms with Crippen LogP contribution in [-0.4, -0.2) is 50.8 Å². The number of carbonyl (C=O) groups excluding carboxylic acids is 1. The van der Waals surface area contributed by atoms with Crippen molar-refractivity contribution in [3.8, 4) is 11.5 Å². The summed E-state index contributed by atoms with van der Waals surface area (Å²) >= 11 is 0. The van der Waals surface area contributed by atoms with E-state index in [1.165, 1.54) is 6.07 Å². The van der Waals surface area contributed by atoms with Gasteiger partial charge in [-0.1, -0.05) is 12.2 Å². The zero-order chi connectivity index (χ0) is 18.1. The molecule has 7 nitrogen and oxygen atoms in total. The summed E-state index contributed by atoms with van der Waals surface area (Å²) in [6, 6.07) is 2.24. The number of fused-ring (bicyclic) bond motifs is 3. The number of ether oxygens (including phenoxy) is 2. The van der Waals surface area contributed by atoms with Gasteiger partial charge in [0.25, 0.3) is 0 Å². The van der Waals surface area contributed by atoms with Gasteiger partial charge in [-0.2, -0.15) is 0 Å². The van der Waals surface area contributed by atoms with Crippen LogP contribution in [0.4, 0.5) is 0 Å². The monoisotopic (exact) mass is 350 g/mol. The molecule has 7 heteroatoms. The summed E-state index contributed by atoms with van der Waals surface area (Å²) in [5, 5.41) is 40.7. The minimum atomic E-state index is -1.25. The summed E-state index contributed by atoms with van der Waals surface area (Å²) in [6.07, 6.45) is 1.02. The minimum absolute atomic E-state index is 0.0436. The largest absolute Gasteiger partial charge is 0.508 e. The van der Waals surface area contributed by atoms with Gasteiger partial charge >= 0.3 is 5.97 Å². The van der Waals surface area contributed by atoms with Crippen molar-refractivity contribution < 1.29 is 34.7 Å². The summed E-state index contributed by atoms with van der Waals surface area (Å²) < 4.78 is 11.0. The molecular formula is C18H22O7. The lowest BCUT2D eigenvalue weighted by molar-refractivity contribution is -0.0652. The molecule has 0 amide bonds. The highest BCUT2D eigenvalue weighted by atomic mass is 16.5. The second-order valence-electron chi connectivity index (χ2n) is 6.53. The third-order valence-electron chi connectivity index (χ3n) is 4.58. The Kier molecular flexibility index (Phi) is 4.99. The van der Waals surface area contributed by atoms with Crippen LogP contribution in [0.2, 0.25) is 0 Å². The number of phenolic OH excluding ortho intramolecular Hbond substituents is 2. The maximum Gasteiger partial charge on any atom is 0.342 e. The third kappa shape index (κ3) is 3.63. The quantitative estimate of drug-likeness (QED) is 0.414. The Morgan fingerprint density at radius 1 is 1.12 bits per heavy atom. The first-order chi connectivity index (χ1) is 11.9. The fraction of sp³-hybridized carbons (Fsp3) is 0.500. The van der Waals surface area contributed by atoms with Crippen molar-refractivity contribution >= 4 is 5.97 Å². The lowest BCUT2D eigenvalue weighted by atomic mass is 9.95. The van der Waals surface area contributed by atoms with Gasteiger partial charge in [0.05, 0.1) is 18.3 Å². The molecule has 2 heterocycles. The molecule has 2 aliphatic heterocycles. The molecule has 0 aromatic heterocycles. The molecule has 0 radical (unpaired) electrons. The highest BCUT2D eigenvalue weighted by molar-refractivity contribution is 5.94. The van der Waals surface area contributed by atoms with Gasteiger partial charge in [-0.05, 0) is 25.8 Å². The average molecular weight is 350 g/mol. The molecule has 0 aliphatic carbocycles. The Morgan fingerprint density at radius 3 is 2.60 bits per heavy atom. The van der Waals surface area contributed by atoms with Gasteiger partial charge in [-0.15, -0.1) is 0 Å². The van der Waals surface area contributed by atoms with Crippen molar-refractivity contribution in [2.75, 3.05) is 0 Å². The van der Waals surface area contributed by atoms with E-state index in [0.717, 1.165) is 6.07 Å². The number of hydrogen-bond acceptors (Lipinski definition) is 7. The molecule has 1 aromatic rings. The van der Waals surface area contributed by atoms with Crippen LogP contribution < -0.4 is 0 Å². The average Bonchev–Trinajstić information content (AvgIpc) is 3.02. The number of carbonyl (C=O) groups is 1. The zero-order valence-corrected chi connectivity index (χ0v) is 13.8. The number of aromatic hydroxyl groups is 2. The van der Waals surface area contributed by atoms with Crippen LogP contribution in [0.15, 0.2) is 24.3 Å². The van der Waals surface area contributed by atoms with Gasteiger partial charge in [0.15, 0.2) is 0 Å². The van der Waals surface area contributed by atoms with Crippen molar-refractivity contribution in [1.29, 1.82) is 0 Å². The van der Waals surface area contributed by atoms with E-state index >= 15 is 0 Å². The van der Waals surface area contributed by atoms with Crippen molar-refractivity contribution in [3.05, 3.63) is 35.4 Å². The molecule has 2 aliphatic rings. The van der Waals surface area contributed by atoms with Crippen molar-refractivity contribution in [1.82, 2.24) is 0 Å². The van der Waals surface area contributed by atoms with E-state index in [1.807, 2.05) is 0 Å². The lowest BCUT2D eigenvalue weighted by Crippen LogP contribution is -2.27. The second-order valence-corrected chi connectivity index (χ2v) is 6.53. The normalized spacial score (nSPS) is 34.2. The number of benzene rings is 1. The minimum Gasteiger partial charge on any atom is -0.508 e. The van der Waals surface area contributed by atoms with E-state index in [1.54, 1.807) is 19.1 Å². The SMILES string of the molecule is C[C@H]1C/C=C\[C@H](O)[C@H]2CC[C@H](O2)[C@H](O)c2cc(O)cc(O)c2C(=O)O1. The van der Waals surface area contributed by atoms with Crippen LogP contribution in [0, 0.1) is 0 Å². The van der Waals surface area contributed by atoms with Gasteiger partial charge in [-0.3, -0.25) is 0 Å². The van der Waals surface area contributed by atoms with Crippen LogP contribution in [-0.2, 0) is 9.47 Å². The maximum atomic E-state index is 12.5. The highest BCUT2D eigenvalue weighted by Gasteiger charge is 2.37. The van der Waals surface area contributed by atoms with Crippen LogP contribution in [0.1, 0.15) is 48.2 Å². The molecule has 0 unspecified atom stereocenters. The Bertz CT molecular complexity index is 684. The zero-order valence-electron chi connectivity index (χ0n) is 13.8. The Labute approximate surface area is 145 Å². The summed E-state index contributed by atoms with van der Waals surface area (Å²) in [5.74, 6) is -1.54. The molecule has 0 spiro atoms. The molecule has 1 fully saturated rings. The molecule has 0 saturated carbocycles. The Hall–Kier alpha value is -2.09. The lowest BCUT2D eigenvalue weighted by Gasteiger charge is -2.23. The first-order valence-electron chi connectivity index (χ1n) is 8.32. The molecule has 3 rings (SSSR count). The molecule has 4 N–H and O–H groups in total. The standard InChI is InChI=1S/C18H22O7/c1-9-3-2-4-12(20)14-5-6-15(25-14)17(22)11-7-10(19)8-13(21)16(11)18(23)24-9/h2,4,7-9,12,14-15,17,19-22H,3,5-6H2,1H3/b4-2-/t9-,12-,14+,15-,17+/m0/s1. The van der Waals surface area contributed by atoms with E-state index in [9.17, 15) is 25.2 Å². The van der Waals surface area contributed by atoms with Crippen molar-refractivity contribution in [3.63, 3.8) is 0 Å². The number of hydrogen-bond donors (Lipinski definition) is 4. The van der Waals surface area contributed by atoms with Gasteiger partial charge in [-0.25, -0.2) is 4.79 Å². The molecule has 1 saturated heterocycles. The smallest absolute Gasteiger partial charge is 0.342 e.